The molecule has 0 saturated heterocycles. The van der Waals surface area contributed by atoms with Crippen LogP contribution in [-0.2, 0) is 24.0 Å². The van der Waals surface area contributed by atoms with Crippen molar-refractivity contribution < 1.29 is 4.74 Å². The van der Waals surface area contributed by atoms with E-state index in [-0.39, 0.29) is 17.6 Å². The third kappa shape index (κ3) is 3.40. The van der Waals surface area contributed by atoms with Gasteiger partial charge < -0.3 is 4.74 Å². The van der Waals surface area contributed by atoms with E-state index in [4.69, 9.17) is 10.6 Å². The third-order valence-corrected chi connectivity index (χ3v) is 4.31. The van der Waals surface area contributed by atoms with Crippen LogP contribution in [0.15, 0.2) is 18.2 Å². The van der Waals surface area contributed by atoms with Gasteiger partial charge in [0.25, 0.3) is 0 Å². The zero-order chi connectivity index (χ0) is 14.8. The van der Waals surface area contributed by atoms with Crippen molar-refractivity contribution in [2.24, 2.45) is 11.3 Å². The molecule has 0 amide bonds. The SMILES string of the molecule is COC(C(Cc1ccc2c(c1)CCC2)NN)C(C)(C)C. The Kier molecular flexibility index (Phi) is 4.84. The van der Waals surface area contributed by atoms with Gasteiger partial charge >= 0.3 is 0 Å². The number of ether oxygens (including phenoxy) is 1. The number of benzene rings is 1. The predicted octanol–water partition coefficient (Wildman–Crippen LogP) is 2.61. The van der Waals surface area contributed by atoms with E-state index in [1.807, 2.05) is 0 Å². The summed E-state index contributed by atoms with van der Waals surface area (Å²) in [7, 11) is 1.77. The molecule has 0 saturated carbocycles. The second-order valence-electron chi connectivity index (χ2n) is 6.96. The van der Waals surface area contributed by atoms with E-state index in [0.717, 1.165) is 6.42 Å². The minimum atomic E-state index is 0.0581. The summed E-state index contributed by atoms with van der Waals surface area (Å²) in [5.74, 6) is 5.78. The van der Waals surface area contributed by atoms with Gasteiger partial charge in [0.1, 0.15) is 0 Å². The Morgan fingerprint density at radius 2 is 1.95 bits per heavy atom. The van der Waals surface area contributed by atoms with Gasteiger partial charge in [0, 0.05) is 7.11 Å². The lowest BCUT2D eigenvalue weighted by atomic mass is 9.82. The Hall–Kier alpha value is -0.900. The van der Waals surface area contributed by atoms with Crippen molar-refractivity contribution >= 4 is 0 Å². The zero-order valence-electron chi connectivity index (χ0n) is 13.2. The molecule has 1 aliphatic rings. The number of nitrogens with two attached hydrogens (primary N) is 1. The van der Waals surface area contributed by atoms with Gasteiger partial charge in [-0.2, -0.15) is 0 Å². The lowest BCUT2D eigenvalue weighted by Gasteiger charge is -2.35. The van der Waals surface area contributed by atoms with E-state index >= 15 is 0 Å². The van der Waals surface area contributed by atoms with Crippen molar-refractivity contribution in [1.82, 2.24) is 5.43 Å². The van der Waals surface area contributed by atoms with Crippen LogP contribution in [-0.4, -0.2) is 19.3 Å². The number of hydrazine groups is 1. The van der Waals surface area contributed by atoms with E-state index in [2.05, 4.69) is 44.4 Å². The van der Waals surface area contributed by atoms with Gasteiger partial charge in [-0.05, 0) is 47.8 Å². The number of hydrogen-bond donors (Lipinski definition) is 2. The Morgan fingerprint density at radius 3 is 2.55 bits per heavy atom. The van der Waals surface area contributed by atoms with Crippen LogP contribution >= 0.6 is 0 Å². The minimum absolute atomic E-state index is 0.0581. The molecule has 0 radical (unpaired) electrons. The van der Waals surface area contributed by atoms with Gasteiger partial charge in [0.2, 0.25) is 0 Å². The molecule has 2 unspecified atom stereocenters. The summed E-state index contributed by atoms with van der Waals surface area (Å²) in [6, 6.07) is 7.00. The van der Waals surface area contributed by atoms with E-state index in [9.17, 15) is 0 Å². The highest BCUT2D eigenvalue weighted by atomic mass is 16.5. The summed E-state index contributed by atoms with van der Waals surface area (Å²) in [5.41, 5.74) is 7.39. The summed E-state index contributed by atoms with van der Waals surface area (Å²) in [6.07, 6.45) is 4.73. The fraction of sp³-hybridized carbons (Fsp3) is 0.647. The number of rotatable bonds is 5. The lowest BCUT2D eigenvalue weighted by Crippen LogP contribution is -2.51. The van der Waals surface area contributed by atoms with Crippen LogP contribution in [0.4, 0.5) is 0 Å². The van der Waals surface area contributed by atoms with Crippen LogP contribution in [0.5, 0.6) is 0 Å². The molecule has 2 atom stereocenters. The van der Waals surface area contributed by atoms with E-state index in [0.29, 0.717) is 0 Å². The molecule has 0 fully saturated rings. The first-order valence-corrected chi connectivity index (χ1v) is 7.55. The molecule has 3 nitrogen and oxygen atoms in total. The first-order chi connectivity index (χ1) is 9.45. The van der Waals surface area contributed by atoms with E-state index in [1.165, 1.54) is 36.0 Å². The molecule has 2 rings (SSSR count). The third-order valence-electron chi connectivity index (χ3n) is 4.31. The molecular weight excluding hydrogens is 248 g/mol. The fourth-order valence-corrected chi connectivity index (χ4v) is 3.38. The summed E-state index contributed by atoms with van der Waals surface area (Å²) < 4.78 is 5.69. The summed E-state index contributed by atoms with van der Waals surface area (Å²) in [4.78, 5) is 0. The standard InChI is InChI=1S/C17H28N2O/c1-17(2,3)16(20-4)15(19-18)11-12-8-9-13-6-5-7-14(13)10-12/h8-10,15-16,19H,5-7,11,18H2,1-4H3. The highest BCUT2D eigenvalue weighted by Crippen LogP contribution is 2.27. The zero-order valence-corrected chi connectivity index (χ0v) is 13.2. The molecule has 0 aromatic heterocycles. The molecular formula is C17H28N2O. The Morgan fingerprint density at radius 1 is 1.25 bits per heavy atom. The molecule has 3 N–H and O–H groups in total. The maximum Gasteiger partial charge on any atom is 0.0789 e. The molecule has 20 heavy (non-hydrogen) atoms. The molecule has 1 aliphatic carbocycles. The monoisotopic (exact) mass is 276 g/mol. The predicted molar refractivity (Wildman–Crippen MR) is 83.5 cm³/mol. The number of methoxy groups -OCH3 is 1. The Balaban J connectivity index is 2.13. The minimum Gasteiger partial charge on any atom is -0.379 e. The molecule has 0 heterocycles. The second kappa shape index (κ2) is 6.25. The van der Waals surface area contributed by atoms with Crippen molar-refractivity contribution in [3.63, 3.8) is 0 Å². The summed E-state index contributed by atoms with van der Waals surface area (Å²) in [5, 5.41) is 0. The van der Waals surface area contributed by atoms with Crippen LogP contribution in [0, 0.1) is 5.41 Å². The molecule has 0 spiro atoms. The molecule has 3 heteroatoms. The Bertz CT molecular complexity index is 451. The highest BCUT2D eigenvalue weighted by Gasteiger charge is 2.32. The normalized spacial score (nSPS) is 17.9. The number of hydrogen-bond acceptors (Lipinski definition) is 3. The van der Waals surface area contributed by atoms with Crippen LogP contribution in [0.3, 0.4) is 0 Å². The Labute approximate surface area is 122 Å². The van der Waals surface area contributed by atoms with Gasteiger partial charge in [-0.25, -0.2) is 0 Å². The maximum absolute atomic E-state index is 5.78. The smallest absolute Gasteiger partial charge is 0.0789 e. The molecule has 112 valence electrons. The average molecular weight is 276 g/mol. The number of fused-ring (bicyclic) bond motifs is 1. The first-order valence-electron chi connectivity index (χ1n) is 7.55. The van der Waals surface area contributed by atoms with Crippen molar-refractivity contribution in [3.8, 4) is 0 Å². The molecule has 1 aromatic carbocycles. The van der Waals surface area contributed by atoms with Gasteiger partial charge in [0.05, 0.1) is 12.1 Å². The molecule has 0 aliphatic heterocycles. The quantitative estimate of drug-likeness (QED) is 0.642. The maximum atomic E-state index is 5.78. The van der Waals surface area contributed by atoms with Crippen LogP contribution in [0.25, 0.3) is 0 Å². The molecule has 0 bridgehead atoms. The van der Waals surface area contributed by atoms with Gasteiger partial charge in [0.15, 0.2) is 0 Å². The number of nitrogens with one attached hydrogen (secondary N) is 1. The van der Waals surface area contributed by atoms with Crippen LogP contribution < -0.4 is 11.3 Å². The summed E-state index contributed by atoms with van der Waals surface area (Å²) >= 11 is 0. The van der Waals surface area contributed by atoms with E-state index < -0.39 is 0 Å². The van der Waals surface area contributed by atoms with Crippen molar-refractivity contribution in [1.29, 1.82) is 0 Å². The lowest BCUT2D eigenvalue weighted by molar-refractivity contribution is -0.0110. The topological polar surface area (TPSA) is 47.3 Å². The van der Waals surface area contributed by atoms with E-state index in [1.54, 1.807) is 7.11 Å². The summed E-state index contributed by atoms with van der Waals surface area (Å²) in [6.45, 7) is 6.57. The molecule has 1 aromatic rings. The van der Waals surface area contributed by atoms with Crippen molar-refractivity contribution in [2.75, 3.05) is 7.11 Å². The second-order valence-corrected chi connectivity index (χ2v) is 6.96. The first kappa shape index (κ1) is 15.5. The highest BCUT2D eigenvalue weighted by molar-refractivity contribution is 5.35. The fourth-order valence-electron chi connectivity index (χ4n) is 3.38. The van der Waals surface area contributed by atoms with Crippen LogP contribution in [0.2, 0.25) is 0 Å². The van der Waals surface area contributed by atoms with Crippen molar-refractivity contribution in [2.45, 2.75) is 58.6 Å². The van der Waals surface area contributed by atoms with Gasteiger partial charge in [-0.3, -0.25) is 11.3 Å². The average Bonchev–Trinajstić information content (AvgIpc) is 2.84. The largest absolute Gasteiger partial charge is 0.379 e. The van der Waals surface area contributed by atoms with Gasteiger partial charge in [-0.15, -0.1) is 0 Å². The van der Waals surface area contributed by atoms with Crippen molar-refractivity contribution in [3.05, 3.63) is 34.9 Å². The van der Waals surface area contributed by atoms with Crippen LogP contribution in [0.1, 0.15) is 43.9 Å². The number of aryl methyl sites for hydroxylation is 2. The van der Waals surface area contributed by atoms with Gasteiger partial charge in [-0.1, -0.05) is 39.0 Å².